The topological polar surface area (TPSA) is 74.9 Å². The van der Waals surface area contributed by atoms with E-state index in [9.17, 15) is 5.11 Å². The summed E-state index contributed by atoms with van der Waals surface area (Å²) in [5.74, 6) is 0.954. The number of H-pyrrole nitrogens is 1. The van der Waals surface area contributed by atoms with Gasteiger partial charge in [-0.2, -0.15) is 0 Å². The number of imidazole rings is 1. The van der Waals surface area contributed by atoms with Crippen LogP contribution in [0.3, 0.4) is 0 Å². The lowest BCUT2D eigenvalue weighted by molar-refractivity contribution is 0.0360. The number of hydrogen-bond donors (Lipinski definition) is 3. The Bertz CT molecular complexity index is 260. The van der Waals surface area contributed by atoms with Crippen molar-refractivity contribution in [3.63, 3.8) is 0 Å². The summed E-state index contributed by atoms with van der Waals surface area (Å²) in [7, 11) is 0. The number of nitrogens with zero attached hydrogens (tertiary/aromatic N) is 1. The lowest BCUT2D eigenvalue weighted by Gasteiger charge is -2.24. The molecular formula is C10H19N3OS. The number of rotatable bonds is 7. The third-order valence-electron chi connectivity index (χ3n) is 2.54. The summed E-state index contributed by atoms with van der Waals surface area (Å²) in [4.78, 5) is 7.14. The zero-order valence-corrected chi connectivity index (χ0v) is 9.89. The van der Waals surface area contributed by atoms with Gasteiger partial charge in [0, 0.05) is 24.7 Å². The first-order chi connectivity index (χ1) is 7.20. The maximum atomic E-state index is 9.93. The monoisotopic (exact) mass is 229 g/mol. The maximum absolute atomic E-state index is 9.93. The van der Waals surface area contributed by atoms with E-state index in [1.165, 1.54) is 0 Å². The minimum absolute atomic E-state index is 0.342. The van der Waals surface area contributed by atoms with Crippen LogP contribution in [0.25, 0.3) is 0 Å². The Hall–Kier alpha value is -0.520. The fourth-order valence-corrected chi connectivity index (χ4v) is 2.09. The number of nitrogens with one attached hydrogen (secondary N) is 1. The average Bonchev–Trinajstić information content (AvgIpc) is 2.77. The zero-order valence-electron chi connectivity index (χ0n) is 9.07. The normalized spacial score (nSPS) is 15.1. The standard InChI is InChI=1S/C10H19N3OS/c1-2-10(14,8-11)4-3-7-15-9-12-5-6-13-9/h5-6,14H,2-4,7-8,11H2,1H3,(H,12,13). The molecule has 0 saturated carbocycles. The lowest BCUT2D eigenvalue weighted by Crippen LogP contribution is -2.36. The van der Waals surface area contributed by atoms with Gasteiger partial charge in [-0.25, -0.2) is 4.98 Å². The molecule has 1 atom stereocenters. The van der Waals surface area contributed by atoms with Crippen LogP contribution in [0.1, 0.15) is 26.2 Å². The average molecular weight is 229 g/mol. The molecule has 86 valence electrons. The molecule has 0 fully saturated rings. The molecule has 0 aromatic carbocycles. The maximum Gasteiger partial charge on any atom is 0.165 e. The number of thioether (sulfide) groups is 1. The first-order valence-electron chi connectivity index (χ1n) is 5.25. The van der Waals surface area contributed by atoms with Gasteiger partial charge in [0.15, 0.2) is 5.16 Å². The summed E-state index contributed by atoms with van der Waals surface area (Å²) < 4.78 is 0. The predicted molar refractivity (Wildman–Crippen MR) is 62.8 cm³/mol. The van der Waals surface area contributed by atoms with Crippen LogP contribution >= 0.6 is 11.8 Å². The first-order valence-corrected chi connectivity index (χ1v) is 6.23. The number of aliphatic hydroxyl groups is 1. The van der Waals surface area contributed by atoms with Gasteiger partial charge in [-0.05, 0) is 19.3 Å². The summed E-state index contributed by atoms with van der Waals surface area (Å²) in [5, 5.41) is 10.9. The van der Waals surface area contributed by atoms with Gasteiger partial charge in [0.05, 0.1) is 5.60 Å². The minimum atomic E-state index is -0.677. The van der Waals surface area contributed by atoms with Crippen molar-refractivity contribution in [3.05, 3.63) is 12.4 Å². The van der Waals surface area contributed by atoms with Crippen molar-refractivity contribution < 1.29 is 5.11 Å². The molecule has 0 radical (unpaired) electrons. The Morgan fingerprint density at radius 2 is 2.47 bits per heavy atom. The van der Waals surface area contributed by atoms with Crippen molar-refractivity contribution >= 4 is 11.8 Å². The molecule has 4 nitrogen and oxygen atoms in total. The van der Waals surface area contributed by atoms with Crippen molar-refractivity contribution in [2.24, 2.45) is 5.73 Å². The number of aromatic nitrogens is 2. The summed E-state index contributed by atoms with van der Waals surface area (Å²) in [6, 6.07) is 0. The SMILES string of the molecule is CCC(O)(CN)CCCSc1ncc[nH]1. The highest BCUT2D eigenvalue weighted by molar-refractivity contribution is 7.99. The van der Waals surface area contributed by atoms with Gasteiger partial charge in [-0.15, -0.1) is 0 Å². The zero-order chi connectivity index (χ0) is 11.1. The van der Waals surface area contributed by atoms with Gasteiger partial charge in [0.25, 0.3) is 0 Å². The van der Waals surface area contributed by atoms with Crippen LogP contribution in [0.4, 0.5) is 0 Å². The van der Waals surface area contributed by atoms with E-state index in [0.717, 1.165) is 30.2 Å². The van der Waals surface area contributed by atoms with Crippen LogP contribution in [0.2, 0.25) is 0 Å². The Labute approximate surface area is 94.7 Å². The highest BCUT2D eigenvalue weighted by Gasteiger charge is 2.21. The molecule has 1 aromatic rings. The van der Waals surface area contributed by atoms with Crippen LogP contribution in [0, 0.1) is 0 Å². The second-order valence-electron chi connectivity index (χ2n) is 3.63. The molecule has 1 unspecified atom stereocenters. The molecule has 0 saturated heterocycles. The van der Waals surface area contributed by atoms with Gasteiger partial charge in [-0.3, -0.25) is 0 Å². The Kier molecular flexibility index (Phi) is 5.14. The summed E-state index contributed by atoms with van der Waals surface area (Å²) in [5.41, 5.74) is 4.84. The molecule has 1 heterocycles. The van der Waals surface area contributed by atoms with E-state index in [1.807, 2.05) is 13.1 Å². The molecule has 1 aromatic heterocycles. The second kappa shape index (κ2) is 6.15. The van der Waals surface area contributed by atoms with Crippen LogP contribution < -0.4 is 5.73 Å². The Morgan fingerprint density at radius 3 is 3.00 bits per heavy atom. The van der Waals surface area contributed by atoms with Gasteiger partial charge in [0.2, 0.25) is 0 Å². The molecule has 0 aliphatic heterocycles. The number of aromatic amines is 1. The van der Waals surface area contributed by atoms with Crippen molar-refractivity contribution in [1.82, 2.24) is 9.97 Å². The van der Waals surface area contributed by atoms with Gasteiger partial charge in [0.1, 0.15) is 0 Å². The Balaban J connectivity index is 2.16. The Morgan fingerprint density at radius 1 is 1.67 bits per heavy atom. The smallest absolute Gasteiger partial charge is 0.165 e. The van der Waals surface area contributed by atoms with Crippen molar-refractivity contribution in [2.45, 2.75) is 36.9 Å². The van der Waals surface area contributed by atoms with Crippen molar-refractivity contribution in [1.29, 1.82) is 0 Å². The van der Waals surface area contributed by atoms with Crippen molar-refractivity contribution in [2.75, 3.05) is 12.3 Å². The minimum Gasteiger partial charge on any atom is -0.389 e. The molecule has 0 amide bonds. The summed E-state index contributed by atoms with van der Waals surface area (Å²) in [6.45, 7) is 2.31. The molecule has 5 heteroatoms. The van der Waals surface area contributed by atoms with E-state index in [1.54, 1.807) is 18.0 Å². The molecule has 15 heavy (non-hydrogen) atoms. The quantitative estimate of drug-likeness (QED) is 0.488. The van der Waals surface area contributed by atoms with Crippen LogP contribution in [0.5, 0.6) is 0 Å². The highest BCUT2D eigenvalue weighted by Crippen LogP contribution is 2.19. The summed E-state index contributed by atoms with van der Waals surface area (Å²) >= 11 is 1.67. The van der Waals surface area contributed by atoms with Crippen molar-refractivity contribution in [3.8, 4) is 0 Å². The van der Waals surface area contributed by atoms with E-state index in [-0.39, 0.29) is 0 Å². The molecular weight excluding hydrogens is 210 g/mol. The lowest BCUT2D eigenvalue weighted by atomic mass is 9.95. The van der Waals surface area contributed by atoms with Crippen LogP contribution in [0.15, 0.2) is 17.6 Å². The predicted octanol–water partition coefficient (Wildman–Crippen LogP) is 1.38. The fraction of sp³-hybridized carbons (Fsp3) is 0.700. The van der Waals surface area contributed by atoms with E-state index in [0.29, 0.717) is 6.54 Å². The number of nitrogens with two attached hydrogens (primary N) is 1. The molecule has 0 spiro atoms. The second-order valence-corrected chi connectivity index (χ2v) is 4.71. The molecule has 4 N–H and O–H groups in total. The van der Waals surface area contributed by atoms with Crippen LogP contribution in [-0.2, 0) is 0 Å². The van der Waals surface area contributed by atoms with Gasteiger partial charge in [-0.1, -0.05) is 18.7 Å². The van der Waals surface area contributed by atoms with E-state index in [4.69, 9.17) is 5.73 Å². The van der Waals surface area contributed by atoms with Gasteiger partial charge >= 0.3 is 0 Å². The van der Waals surface area contributed by atoms with E-state index >= 15 is 0 Å². The van der Waals surface area contributed by atoms with E-state index in [2.05, 4.69) is 9.97 Å². The summed E-state index contributed by atoms with van der Waals surface area (Å²) in [6.07, 6.45) is 5.98. The third kappa shape index (κ3) is 4.24. The highest BCUT2D eigenvalue weighted by atomic mass is 32.2. The van der Waals surface area contributed by atoms with E-state index < -0.39 is 5.60 Å². The van der Waals surface area contributed by atoms with Gasteiger partial charge < -0.3 is 15.8 Å². The first kappa shape index (κ1) is 12.5. The largest absolute Gasteiger partial charge is 0.389 e. The number of hydrogen-bond acceptors (Lipinski definition) is 4. The molecule has 0 bridgehead atoms. The van der Waals surface area contributed by atoms with Crippen LogP contribution in [-0.4, -0.2) is 33.0 Å². The fourth-order valence-electron chi connectivity index (χ4n) is 1.32. The molecule has 0 aliphatic carbocycles. The molecule has 0 aliphatic rings. The third-order valence-corrected chi connectivity index (χ3v) is 3.53. The molecule has 1 rings (SSSR count).